The van der Waals surface area contributed by atoms with Crippen molar-refractivity contribution in [2.45, 2.75) is 13.8 Å². The van der Waals surface area contributed by atoms with Gasteiger partial charge in [-0.3, -0.25) is 4.79 Å². The van der Waals surface area contributed by atoms with Gasteiger partial charge < -0.3 is 20.8 Å². The van der Waals surface area contributed by atoms with Gasteiger partial charge in [0.05, 0.1) is 5.84 Å². The smallest absolute Gasteiger partial charge is 0.275 e. The highest BCUT2D eigenvalue weighted by Crippen LogP contribution is 2.05. The number of hydrogen-bond acceptors (Lipinski definition) is 4. The zero-order valence-corrected chi connectivity index (χ0v) is 10.6. The first-order valence-corrected chi connectivity index (χ1v) is 5.18. The predicted molar refractivity (Wildman–Crippen MR) is 73.8 cm³/mol. The van der Waals surface area contributed by atoms with Gasteiger partial charge in [-0.15, -0.1) is 0 Å². The normalized spacial score (nSPS) is 10.7. The van der Waals surface area contributed by atoms with Crippen LogP contribution in [0.1, 0.15) is 13.8 Å². The summed E-state index contributed by atoms with van der Waals surface area (Å²) in [4.78, 5) is 30.4. The van der Waals surface area contributed by atoms with Gasteiger partial charge in [-0.25, -0.2) is 9.98 Å². The molecule has 98 valence electrons. The van der Waals surface area contributed by atoms with Crippen LogP contribution in [0.5, 0.6) is 0 Å². The van der Waals surface area contributed by atoms with Crippen LogP contribution in [-0.2, 0) is 4.79 Å². The number of anilines is 1. The van der Waals surface area contributed by atoms with Crippen molar-refractivity contribution in [3.8, 4) is 0 Å². The summed E-state index contributed by atoms with van der Waals surface area (Å²) in [5, 5.41) is 2.81. The SMILES string of the molecule is CC=O.CNc1ccc(N=CN=C(C)N)c(=O)[nH]1. The van der Waals surface area contributed by atoms with Crippen molar-refractivity contribution >= 4 is 30.0 Å². The van der Waals surface area contributed by atoms with Gasteiger partial charge in [-0.1, -0.05) is 0 Å². The van der Waals surface area contributed by atoms with Crippen molar-refractivity contribution in [2.75, 3.05) is 12.4 Å². The van der Waals surface area contributed by atoms with Crippen molar-refractivity contribution in [1.82, 2.24) is 4.98 Å². The lowest BCUT2D eigenvalue weighted by molar-refractivity contribution is -0.106. The molecule has 0 atom stereocenters. The number of nitrogens with two attached hydrogens (primary N) is 1. The van der Waals surface area contributed by atoms with Crippen LogP contribution in [0.25, 0.3) is 0 Å². The molecule has 7 heteroatoms. The van der Waals surface area contributed by atoms with Crippen molar-refractivity contribution in [3.63, 3.8) is 0 Å². The van der Waals surface area contributed by atoms with Crippen LogP contribution < -0.4 is 16.6 Å². The molecule has 0 unspecified atom stereocenters. The average Bonchev–Trinajstić information content (AvgIpc) is 2.31. The van der Waals surface area contributed by atoms with E-state index < -0.39 is 0 Å². The quantitative estimate of drug-likeness (QED) is 0.416. The van der Waals surface area contributed by atoms with Gasteiger partial charge in [0.25, 0.3) is 5.56 Å². The molecule has 1 heterocycles. The van der Waals surface area contributed by atoms with E-state index in [1.54, 1.807) is 26.1 Å². The minimum Gasteiger partial charge on any atom is -0.387 e. The number of pyridine rings is 1. The van der Waals surface area contributed by atoms with Crippen LogP contribution in [0.2, 0.25) is 0 Å². The Labute approximate surface area is 105 Å². The molecule has 0 bridgehead atoms. The van der Waals surface area contributed by atoms with Gasteiger partial charge in [0.15, 0.2) is 0 Å². The third-order valence-electron chi connectivity index (χ3n) is 1.62. The third-order valence-corrected chi connectivity index (χ3v) is 1.62. The number of aliphatic imine (C=N–C) groups is 2. The van der Waals surface area contributed by atoms with Crippen LogP contribution in [-0.4, -0.2) is 30.5 Å². The van der Waals surface area contributed by atoms with Crippen LogP contribution in [0, 0.1) is 0 Å². The van der Waals surface area contributed by atoms with Gasteiger partial charge in [0.1, 0.15) is 24.1 Å². The fourth-order valence-electron chi connectivity index (χ4n) is 0.896. The first kappa shape index (κ1) is 15.6. The minimum absolute atomic E-state index is 0.275. The van der Waals surface area contributed by atoms with Gasteiger partial charge in [0, 0.05) is 7.05 Å². The third kappa shape index (κ3) is 6.21. The summed E-state index contributed by atoms with van der Waals surface area (Å²) in [7, 11) is 1.72. The molecule has 0 fully saturated rings. The van der Waals surface area contributed by atoms with Gasteiger partial charge in [0.2, 0.25) is 0 Å². The Balaban J connectivity index is 0.000000873. The zero-order valence-electron chi connectivity index (χ0n) is 10.6. The molecule has 18 heavy (non-hydrogen) atoms. The summed E-state index contributed by atoms with van der Waals surface area (Å²) >= 11 is 0. The van der Waals surface area contributed by atoms with E-state index in [1.165, 1.54) is 13.3 Å². The molecule has 0 aromatic carbocycles. The number of carbonyl (C=O) groups is 1. The van der Waals surface area contributed by atoms with Crippen molar-refractivity contribution in [3.05, 3.63) is 22.5 Å². The second-order valence-corrected chi connectivity index (χ2v) is 3.09. The number of nitrogens with one attached hydrogen (secondary N) is 2. The van der Waals surface area contributed by atoms with Crippen LogP contribution in [0.4, 0.5) is 11.5 Å². The van der Waals surface area contributed by atoms with Gasteiger partial charge in [-0.05, 0) is 26.0 Å². The van der Waals surface area contributed by atoms with E-state index in [4.69, 9.17) is 10.5 Å². The van der Waals surface area contributed by atoms with Crippen LogP contribution in [0.3, 0.4) is 0 Å². The number of H-pyrrole nitrogens is 1. The summed E-state index contributed by atoms with van der Waals surface area (Å²) in [5.41, 5.74) is 5.32. The summed E-state index contributed by atoms with van der Waals surface area (Å²) in [5.74, 6) is 1.03. The molecule has 0 saturated carbocycles. The van der Waals surface area contributed by atoms with Gasteiger partial charge >= 0.3 is 0 Å². The second kappa shape index (κ2) is 8.68. The molecule has 4 N–H and O–H groups in total. The predicted octanol–water partition coefficient (Wildman–Crippen LogP) is 0.659. The van der Waals surface area contributed by atoms with Crippen molar-refractivity contribution in [1.29, 1.82) is 0 Å². The largest absolute Gasteiger partial charge is 0.387 e. The number of aromatic nitrogens is 1. The van der Waals surface area contributed by atoms with Crippen LogP contribution >= 0.6 is 0 Å². The molecule has 0 aliphatic heterocycles. The standard InChI is InChI=1S/C9H13N5O.C2H4O/c1-6(10)12-5-13-7-3-4-8(11-2)14-9(7)15;1-2-3/h3-5H,1-2H3,(H2,10,12,13)(H2,11,14,15);2H,1H3. The molecule has 1 aromatic rings. The number of hydrogen-bond donors (Lipinski definition) is 3. The fourth-order valence-corrected chi connectivity index (χ4v) is 0.896. The summed E-state index contributed by atoms with van der Waals surface area (Å²) in [6.45, 7) is 3.08. The van der Waals surface area contributed by atoms with E-state index in [-0.39, 0.29) is 5.56 Å². The Morgan fingerprint density at radius 2 is 2.11 bits per heavy atom. The summed E-state index contributed by atoms with van der Waals surface area (Å²) in [6, 6.07) is 3.32. The lowest BCUT2D eigenvalue weighted by Gasteiger charge is -1.98. The second-order valence-electron chi connectivity index (χ2n) is 3.09. The molecular weight excluding hydrogens is 234 g/mol. The van der Waals surface area contributed by atoms with Crippen molar-refractivity contribution in [2.24, 2.45) is 15.7 Å². The Kier molecular flexibility index (Phi) is 7.51. The lowest BCUT2D eigenvalue weighted by atomic mass is 10.4. The number of aldehydes is 1. The minimum atomic E-state index is -0.275. The maximum absolute atomic E-state index is 11.4. The average molecular weight is 251 g/mol. The molecule has 0 spiro atoms. The Hall–Kier alpha value is -2.44. The van der Waals surface area contributed by atoms with Crippen LogP contribution in [0.15, 0.2) is 26.9 Å². The number of rotatable bonds is 3. The van der Waals surface area contributed by atoms with E-state index in [9.17, 15) is 4.79 Å². The van der Waals surface area contributed by atoms with E-state index in [0.717, 1.165) is 6.29 Å². The molecule has 1 aromatic heterocycles. The number of aromatic amines is 1. The molecule has 0 aliphatic rings. The summed E-state index contributed by atoms with van der Waals surface area (Å²) in [6.07, 6.45) is 2.00. The topological polar surface area (TPSA) is 113 Å². The highest BCUT2D eigenvalue weighted by molar-refractivity contribution is 5.85. The molecule has 0 radical (unpaired) electrons. The molecular formula is C11H17N5O2. The monoisotopic (exact) mass is 251 g/mol. The first-order valence-electron chi connectivity index (χ1n) is 5.18. The summed E-state index contributed by atoms with van der Waals surface area (Å²) < 4.78 is 0. The van der Waals surface area contributed by atoms with Gasteiger partial charge in [-0.2, -0.15) is 0 Å². The highest BCUT2D eigenvalue weighted by atomic mass is 16.1. The van der Waals surface area contributed by atoms with E-state index in [1.807, 2.05) is 0 Å². The molecule has 7 nitrogen and oxygen atoms in total. The molecule has 0 saturated heterocycles. The number of nitrogens with zero attached hydrogens (tertiary/aromatic N) is 2. The molecule has 0 amide bonds. The maximum atomic E-state index is 11.4. The van der Waals surface area contributed by atoms with Crippen molar-refractivity contribution < 1.29 is 4.79 Å². The highest BCUT2D eigenvalue weighted by Gasteiger charge is 1.96. The molecule has 1 rings (SSSR count). The molecule has 0 aliphatic carbocycles. The first-order chi connectivity index (χ1) is 8.54. The Bertz CT molecular complexity index is 486. The van der Waals surface area contributed by atoms with E-state index >= 15 is 0 Å². The Morgan fingerprint density at radius 3 is 2.56 bits per heavy atom. The lowest BCUT2D eigenvalue weighted by Crippen LogP contribution is -2.08. The number of amidine groups is 1. The fraction of sp³-hybridized carbons (Fsp3) is 0.273. The number of carbonyl (C=O) groups excluding carboxylic acids is 1. The Morgan fingerprint density at radius 1 is 1.50 bits per heavy atom. The zero-order chi connectivity index (χ0) is 14.0. The maximum Gasteiger partial charge on any atom is 0.275 e. The van der Waals surface area contributed by atoms with E-state index in [0.29, 0.717) is 17.3 Å². The van der Waals surface area contributed by atoms with E-state index in [2.05, 4.69) is 20.3 Å².